The molecule has 0 amide bonds. The van der Waals surface area contributed by atoms with E-state index in [9.17, 15) is 4.79 Å². The fourth-order valence-electron chi connectivity index (χ4n) is 3.44. The van der Waals surface area contributed by atoms with Gasteiger partial charge in [-0.15, -0.1) is 0 Å². The topological polar surface area (TPSA) is 35.5 Å². The normalized spacial score (nSPS) is 13.2. The molecule has 0 fully saturated rings. The van der Waals surface area contributed by atoms with Gasteiger partial charge in [0.05, 0.1) is 6.61 Å². The summed E-state index contributed by atoms with van der Waals surface area (Å²) < 4.78 is 11.9. The van der Waals surface area contributed by atoms with Crippen molar-refractivity contribution in [1.29, 1.82) is 0 Å². The van der Waals surface area contributed by atoms with E-state index in [1.165, 1.54) is 38.5 Å². The van der Waals surface area contributed by atoms with E-state index < -0.39 is 5.79 Å². The molecule has 0 bridgehead atoms. The number of methoxy groups -OCH3 is 1. The van der Waals surface area contributed by atoms with Crippen LogP contribution >= 0.6 is 0 Å². The minimum absolute atomic E-state index is 0.165. The lowest BCUT2D eigenvalue weighted by Gasteiger charge is -2.31. The van der Waals surface area contributed by atoms with Crippen LogP contribution in [0.3, 0.4) is 0 Å². The van der Waals surface area contributed by atoms with Crippen LogP contribution in [0.5, 0.6) is 0 Å². The average Bonchev–Trinajstić information content (AvgIpc) is 2.76. The molecule has 0 aromatic heterocycles. The molecule has 0 spiro atoms. The van der Waals surface area contributed by atoms with Gasteiger partial charge in [-0.25, -0.2) is 0 Å². The Morgan fingerprint density at radius 2 is 1.32 bits per heavy atom. The summed E-state index contributed by atoms with van der Waals surface area (Å²) in [7, 11) is 1.54. The molecule has 2 aromatic rings. The molecule has 0 aliphatic carbocycles. The standard InChI is InChI=1S/C25H34O3/c1-3-4-5-6-7-8-9-16-21-28-25(27-2,23-19-14-11-15-20-23)24(26)22-17-12-10-13-18-22/h10-15,17-20H,3-9,16,21H2,1-2H3. The third-order valence-corrected chi connectivity index (χ3v) is 5.08. The van der Waals surface area contributed by atoms with E-state index in [4.69, 9.17) is 9.47 Å². The van der Waals surface area contributed by atoms with Crippen LogP contribution in [0.15, 0.2) is 60.7 Å². The molecule has 0 saturated heterocycles. The molecule has 0 radical (unpaired) electrons. The smallest absolute Gasteiger partial charge is 0.261 e. The molecule has 1 unspecified atom stereocenters. The Balaban J connectivity index is 1.99. The Labute approximate surface area is 170 Å². The van der Waals surface area contributed by atoms with E-state index in [2.05, 4.69) is 6.92 Å². The highest BCUT2D eigenvalue weighted by molar-refractivity contribution is 6.02. The third-order valence-electron chi connectivity index (χ3n) is 5.08. The van der Waals surface area contributed by atoms with E-state index in [1.54, 1.807) is 19.2 Å². The monoisotopic (exact) mass is 382 g/mol. The van der Waals surface area contributed by atoms with Crippen molar-refractivity contribution in [2.75, 3.05) is 13.7 Å². The molecule has 2 rings (SSSR count). The SMILES string of the molecule is CCCCCCCCCCOC(OC)(C(=O)c1ccccc1)c1ccccc1. The second kappa shape index (κ2) is 12.5. The second-order valence-corrected chi connectivity index (χ2v) is 7.21. The molecule has 0 aliphatic rings. The Kier molecular flexibility index (Phi) is 9.95. The van der Waals surface area contributed by atoms with Crippen molar-refractivity contribution in [2.45, 2.75) is 64.1 Å². The van der Waals surface area contributed by atoms with Gasteiger partial charge in [-0.2, -0.15) is 0 Å². The zero-order chi connectivity index (χ0) is 20.1. The number of ketones is 1. The van der Waals surface area contributed by atoms with E-state index >= 15 is 0 Å². The zero-order valence-electron chi connectivity index (χ0n) is 17.4. The molecular weight excluding hydrogens is 348 g/mol. The Morgan fingerprint density at radius 1 is 0.786 bits per heavy atom. The van der Waals surface area contributed by atoms with Crippen LogP contribution in [0.2, 0.25) is 0 Å². The van der Waals surface area contributed by atoms with Gasteiger partial charge >= 0.3 is 0 Å². The highest BCUT2D eigenvalue weighted by Gasteiger charge is 2.42. The maximum atomic E-state index is 13.3. The summed E-state index contributed by atoms with van der Waals surface area (Å²) in [6, 6.07) is 18.7. The first-order chi connectivity index (χ1) is 13.7. The molecule has 3 nitrogen and oxygen atoms in total. The number of rotatable bonds is 14. The number of carbonyl (C=O) groups excluding carboxylic acids is 1. The number of hydrogen-bond donors (Lipinski definition) is 0. The lowest BCUT2D eigenvalue weighted by Crippen LogP contribution is -2.41. The molecule has 3 heteroatoms. The van der Waals surface area contributed by atoms with Crippen LogP contribution in [0.1, 0.15) is 74.2 Å². The minimum atomic E-state index is -1.40. The number of Topliss-reactive ketones (excluding diaryl/α,β-unsaturated/α-hetero) is 1. The summed E-state index contributed by atoms with van der Waals surface area (Å²) in [6.45, 7) is 2.74. The predicted octanol–water partition coefficient (Wildman–Crippen LogP) is 6.53. The van der Waals surface area contributed by atoms with Crippen LogP contribution in [-0.2, 0) is 15.3 Å². The van der Waals surface area contributed by atoms with Crippen molar-refractivity contribution >= 4 is 5.78 Å². The molecular formula is C25H34O3. The van der Waals surface area contributed by atoms with Gasteiger partial charge in [-0.05, 0) is 6.42 Å². The summed E-state index contributed by atoms with van der Waals surface area (Å²) in [5.74, 6) is -1.56. The third kappa shape index (κ3) is 6.29. The fourth-order valence-corrected chi connectivity index (χ4v) is 3.44. The maximum absolute atomic E-state index is 13.3. The molecule has 28 heavy (non-hydrogen) atoms. The molecule has 0 aliphatic heterocycles. The number of hydrogen-bond acceptors (Lipinski definition) is 3. The van der Waals surface area contributed by atoms with Gasteiger partial charge in [0.25, 0.3) is 5.79 Å². The minimum Gasteiger partial charge on any atom is -0.343 e. The molecule has 0 heterocycles. The van der Waals surface area contributed by atoms with Gasteiger partial charge in [0, 0.05) is 18.2 Å². The molecule has 152 valence electrons. The number of unbranched alkanes of at least 4 members (excludes halogenated alkanes) is 7. The van der Waals surface area contributed by atoms with Gasteiger partial charge in [0.1, 0.15) is 0 Å². The van der Waals surface area contributed by atoms with Crippen LogP contribution in [0.25, 0.3) is 0 Å². The summed E-state index contributed by atoms with van der Waals surface area (Å²) >= 11 is 0. The number of carbonyl (C=O) groups is 1. The molecule has 0 N–H and O–H groups in total. The van der Waals surface area contributed by atoms with Crippen molar-refractivity contribution in [3.8, 4) is 0 Å². The fraction of sp³-hybridized carbons (Fsp3) is 0.480. The van der Waals surface area contributed by atoms with E-state index in [-0.39, 0.29) is 5.78 Å². The quantitative estimate of drug-likeness (QED) is 0.212. The van der Waals surface area contributed by atoms with Gasteiger partial charge in [0.2, 0.25) is 5.78 Å². The molecule has 1 atom stereocenters. The Morgan fingerprint density at radius 3 is 1.89 bits per heavy atom. The van der Waals surface area contributed by atoms with Crippen LogP contribution in [0, 0.1) is 0 Å². The Hall–Kier alpha value is -1.97. The second-order valence-electron chi connectivity index (χ2n) is 7.21. The lowest BCUT2D eigenvalue weighted by atomic mass is 9.95. The summed E-state index contributed by atoms with van der Waals surface area (Å²) in [6.07, 6.45) is 9.78. The number of ether oxygens (including phenoxy) is 2. The maximum Gasteiger partial charge on any atom is 0.261 e. The van der Waals surface area contributed by atoms with Crippen LogP contribution in [-0.4, -0.2) is 19.5 Å². The highest BCUT2D eigenvalue weighted by atomic mass is 16.7. The van der Waals surface area contributed by atoms with Crippen molar-refractivity contribution < 1.29 is 14.3 Å². The first-order valence-corrected chi connectivity index (χ1v) is 10.6. The van der Waals surface area contributed by atoms with Crippen molar-refractivity contribution in [3.05, 3.63) is 71.8 Å². The van der Waals surface area contributed by atoms with Crippen molar-refractivity contribution in [3.63, 3.8) is 0 Å². The summed E-state index contributed by atoms with van der Waals surface area (Å²) in [5, 5.41) is 0. The van der Waals surface area contributed by atoms with Crippen LogP contribution in [0.4, 0.5) is 0 Å². The zero-order valence-corrected chi connectivity index (χ0v) is 17.4. The van der Waals surface area contributed by atoms with E-state index in [0.717, 1.165) is 18.4 Å². The van der Waals surface area contributed by atoms with E-state index in [1.807, 2.05) is 48.5 Å². The average molecular weight is 383 g/mol. The van der Waals surface area contributed by atoms with Crippen LogP contribution < -0.4 is 0 Å². The predicted molar refractivity (Wildman–Crippen MR) is 114 cm³/mol. The van der Waals surface area contributed by atoms with Gasteiger partial charge in [-0.3, -0.25) is 4.79 Å². The molecule has 0 saturated carbocycles. The number of benzene rings is 2. The van der Waals surface area contributed by atoms with Gasteiger partial charge in [-0.1, -0.05) is 113 Å². The van der Waals surface area contributed by atoms with Crippen molar-refractivity contribution in [1.82, 2.24) is 0 Å². The van der Waals surface area contributed by atoms with Gasteiger partial charge in [0.15, 0.2) is 0 Å². The molecule has 2 aromatic carbocycles. The Bertz CT molecular complexity index is 669. The first kappa shape index (κ1) is 22.3. The first-order valence-electron chi connectivity index (χ1n) is 10.6. The summed E-state index contributed by atoms with van der Waals surface area (Å²) in [5.41, 5.74) is 1.31. The summed E-state index contributed by atoms with van der Waals surface area (Å²) in [4.78, 5) is 13.3. The largest absolute Gasteiger partial charge is 0.343 e. The van der Waals surface area contributed by atoms with Gasteiger partial charge < -0.3 is 9.47 Å². The van der Waals surface area contributed by atoms with Crippen molar-refractivity contribution in [2.24, 2.45) is 0 Å². The van der Waals surface area contributed by atoms with E-state index in [0.29, 0.717) is 12.2 Å². The lowest BCUT2D eigenvalue weighted by molar-refractivity contribution is -0.194. The highest BCUT2D eigenvalue weighted by Crippen LogP contribution is 2.31.